The molecule has 0 bridgehead atoms. The minimum atomic E-state index is -2.78. The molecule has 1 nitrogen and oxygen atoms in total. The highest BCUT2D eigenvalue weighted by atomic mass is 19.3. The van der Waals surface area contributed by atoms with Crippen LogP contribution in [0.2, 0.25) is 0 Å². The lowest BCUT2D eigenvalue weighted by Crippen LogP contribution is -2.02. The van der Waals surface area contributed by atoms with E-state index in [0.717, 1.165) is 17.5 Å². The molecule has 0 heterocycles. The highest BCUT2D eigenvalue weighted by Crippen LogP contribution is 2.20. The molecule has 0 aliphatic carbocycles. The van der Waals surface area contributed by atoms with Crippen LogP contribution in [0.25, 0.3) is 6.08 Å². The summed E-state index contributed by atoms with van der Waals surface area (Å²) in [6, 6.07) is 5.04. The second kappa shape index (κ2) is 4.74. The van der Waals surface area contributed by atoms with Gasteiger partial charge in [-0.3, -0.25) is 0 Å². The molecule has 0 unspecified atom stereocenters. The first-order valence-corrected chi connectivity index (χ1v) is 4.37. The molecule has 76 valence electrons. The Hall–Kier alpha value is -1.38. The van der Waals surface area contributed by atoms with Crippen molar-refractivity contribution < 1.29 is 13.5 Å². The smallest absolute Gasteiger partial charge is 0.387 e. The zero-order valence-corrected chi connectivity index (χ0v) is 7.97. The van der Waals surface area contributed by atoms with Crippen molar-refractivity contribution in [2.75, 3.05) is 0 Å². The van der Waals surface area contributed by atoms with Gasteiger partial charge < -0.3 is 4.74 Å². The first-order chi connectivity index (χ1) is 6.65. The van der Waals surface area contributed by atoms with E-state index in [4.69, 9.17) is 0 Å². The van der Waals surface area contributed by atoms with E-state index >= 15 is 0 Å². The molecule has 3 heteroatoms. The number of alkyl halides is 2. The molecular weight excluding hydrogens is 186 g/mol. The summed E-state index contributed by atoms with van der Waals surface area (Å²) in [4.78, 5) is 0. The predicted molar refractivity (Wildman–Crippen MR) is 52.5 cm³/mol. The fourth-order valence-electron chi connectivity index (χ4n) is 1.18. The molecule has 0 fully saturated rings. The lowest BCUT2D eigenvalue weighted by atomic mass is 10.1. The van der Waals surface area contributed by atoms with E-state index in [0.29, 0.717) is 0 Å². The maximum absolute atomic E-state index is 11.9. The molecule has 0 aromatic heterocycles. The van der Waals surface area contributed by atoms with Gasteiger partial charge in [-0.25, -0.2) is 0 Å². The highest BCUT2D eigenvalue weighted by molar-refractivity contribution is 5.51. The average molecular weight is 198 g/mol. The standard InChI is InChI=1S/C11H12F2O/c1-3-8-5-9(4-2)7-10(6-8)14-11(12)13/h3,5-7,11H,1,4H2,2H3. The SMILES string of the molecule is C=Cc1cc(CC)cc(OC(F)F)c1. The quantitative estimate of drug-likeness (QED) is 0.719. The molecule has 1 aromatic rings. The van der Waals surface area contributed by atoms with Crippen LogP contribution in [0, 0.1) is 0 Å². The Bertz CT molecular complexity index is 321. The lowest BCUT2D eigenvalue weighted by Gasteiger charge is -2.07. The predicted octanol–water partition coefficient (Wildman–Crippen LogP) is 3.49. The number of ether oxygens (including phenoxy) is 1. The van der Waals surface area contributed by atoms with Gasteiger partial charge in [0.05, 0.1) is 0 Å². The number of halogens is 2. The highest BCUT2D eigenvalue weighted by Gasteiger charge is 2.05. The Kier molecular flexibility index (Phi) is 3.63. The van der Waals surface area contributed by atoms with Crippen LogP contribution < -0.4 is 4.74 Å². The molecule has 1 rings (SSSR count). The minimum absolute atomic E-state index is 0.189. The summed E-state index contributed by atoms with van der Waals surface area (Å²) < 4.78 is 28.2. The van der Waals surface area contributed by atoms with Crippen LogP contribution in [0.1, 0.15) is 18.1 Å². The molecule has 0 amide bonds. The van der Waals surface area contributed by atoms with E-state index in [2.05, 4.69) is 11.3 Å². The van der Waals surface area contributed by atoms with Crippen molar-refractivity contribution in [3.05, 3.63) is 35.9 Å². The topological polar surface area (TPSA) is 9.23 Å². The second-order valence-corrected chi connectivity index (χ2v) is 2.85. The molecule has 1 aromatic carbocycles. The van der Waals surface area contributed by atoms with Crippen molar-refractivity contribution in [3.8, 4) is 5.75 Å². The zero-order chi connectivity index (χ0) is 10.6. The molecule has 0 spiro atoms. The third kappa shape index (κ3) is 2.83. The molecule has 0 atom stereocenters. The lowest BCUT2D eigenvalue weighted by molar-refractivity contribution is -0.0498. The third-order valence-electron chi connectivity index (χ3n) is 1.86. The Balaban J connectivity index is 2.98. The van der Waals surface area contributed by atoms with E-state index in [1.165, 1.54) is 0 Å². The minimum Gasteiger partial charge on any atom is -0.435 e. The van der Waals surface area contributed by atoms with Gasteiger partial charge >= 0.3 is 6.61 Å². The van der Waals surface area contributed by atoms with Gasteiger partial charge in [0, 0.05) is 0 Å². The van der Waals surface area contributed by atoms with Crippen LogP contribution in [0.15, 0.2) is 24.8 Å². The number of benzene rings is 1. The van der Waals surface area contributed by atoms with Gasteiger partial charge in [-0.05, 0) is 29.7 Å². The summed E-state index contributed by atoms with van der Waals surface area (Å²) >= 11 is 0. The largest absolute Gasteiger partial charge is 0.435 e. The van der Waals surface area contributed by atoms with E-state index in [1.54, 1.807) is 18.2 Å². The fraction of sp³-hybridized carbons (Fsp3) is 0.273. The van der Waals surface area contributed by atoms with Crippen molar-refractivity contribution in [2.45, 2.75) is 20.0 Å². The molecule has 0 aliphatic heterocycles. The van der Waals surface area contributed by atoms with Crippen LogP contribution >= 0.6 is 0 Å². The van der Waals surface area contributed by atoms with Crippen LogP contribution in [-0.4, -0.2) is 6.61 Å². The van der Waals surface area contributed by atoms with Crippen molar-refractivity contribution >= 4 is 6.08 Å². The number of hydrogen-bond acceptors (Lipinski definition) is 1. The van der Waals surface area contributed by atoms with Crippen LogP contribution in [-0.2, 0) is 6.42 Å². The van der Waals surface area contributed by atoms with Crippen LogP contribution in [0.4, 0.5) is 8.78 Å². The number of rotatable bonds is 4. The maximum atomic E-state index is 11.9. The second-order valence-electron chi connectivity index (χ2n) is 2.85. The molecule has 0 saturated heterocycles. The summed E-state index contributed by atoms with van der Waals surface area (Å²) in [6.07, 6.45) is 2.39. The van der Waals surface area contributed by atoms with Gasteiger partial charge in [-0.15, -0.1) is 0 Å². The van der Waals surface area contributed by atoms with Gasteiger partial charge in [-0.1, -0.05) is 25.6 Å². The molecule has 0 N–H and O–H groups in total. The van der Waals surface area contributed by atoms with E-state index in [-0.39, 0.29) is 5.75 Å². The monoisotopic (exact) mass is 198 g/mol. The average Bonchev–Trinajstić information content (AvgIpc) is 2.16. The summed E-state index contributed by atoms with van der Waals surface area (Å²) in [5, 5.41) is 0. The Morgan fingerprint density at radius 2 is 2.14 bits per heavy atom. The van der Waals surface area contributed by atoms with Gasteiger partial charge in [0.15, 0.2) is 0 Å². The van der Waals surface area contributed by atoms with Gasteiger partial charge in [0.2, 0.25) is 0 Å². The van der Waals surface area contributed by atoms with E-state index in [9.17, 15) is 8.78 Å². The normalized spacial score (nSPS) is 10.3. The number of aryl methyl sites for hydroxylation is 1. The first-order valence-electron chi connectivity index (χ1n) is 4.37. The van der Waals surface area contributed by atoms with E-state index < -0.39 is 6.61 Å². The van der Waals surface area contributed by atoms with Crippen LogP contribution in [0.3, 0.4) is 0 Å². The van der Waals surface area contributed by atoms with Gasteiger partial charge in [-0.2, -0.15) is 8.78 Å². The zero-order valence-electron chi connectivity index (χ0n) is 7.97. The molecule has 0 aliphatic rings. The fourth-order valence-corrected chi connectivity index (χ4v) is 1.18. The molecular formula is C11H12F2O. The summed E-state index contributed by atoms with van der Waals surface area (Å²) in [5.74, 6) is 0.189. The Morgan fingerprint density at radius 3 is 2.64 bits per heavy atom. The van der Waals surface area contributed by atoms with Gasteiger partial charge in [0.25, 0.3) is 0 Å². The number of hydrogen-bond donors (Lipinski definition) is 0. The van der Waals surface area contributed by atoms with Crippen molar-refractivity contribution in [2.24, 2.45) is 0 Å². The Labute approximate surface area is 82.0 Å². The van der Waals surface area contributed by atoms with Crippen molar-refractivity contribution in [1.29, 1.82) is 0 Å². The summed E-state index contributed by atoms with van der Waals surface area (Å²) in [5.41, 5.74) is 1.75. The van der Waals surface area contributed by atoms with Gasteiger partial charge in [0.1, 0.15) is 5.75 Å². The molecule has 0 radical (unpaired) electrons. The maximum Gasteiger partial charge on any atom is 0.387 e. The third-order valence-corrected chi connectivity index (χ3v) is 1.86. The summed E-state index contributed by atoms with van der Waals surface area (Å²) in [7, 11) is 0. The van der Waals surface area contributed by atoms with Crippen molar-refractivity contribution in [3.63, 3.8) is 0 Å². The van der Waals surface area contributed by atoms with Crippen molar-refractivity contribution in [1.82, 2.24) is 0 Å². The molecule has 0 saturated carbocycles. The van der Waals surface area contributed by atoms with Crippen LogP contribution in [0.5, 0.6) is 5.75 Å². The Morgan fingerprint density at radius 1 is 1.43 bits per heavy atom. The summed E-state index contributed by atoms with van der Waals surface area (Å²) in [6.45, 7) is 2.76. The molecule has 14 heavy (non-hydrogen) atoms. The van der Waals surface area contributed by atoms with E-state index in [1.807, 2.05) is 13.0 Å². The first kappa shape index (κ1) is 10.7.